The summed E-state index contributed by atoms with van der Waals surface area (Å²) in [7, 11) is 3.34. The summed E-state index contributed by atoms with van der Waals surface area (Å²) < 4.78 is 5.18. The van der Waals surface area contributed by atoms with Gasteiger partial charge in [-0.1, -0.05) is 26.0 Å². The Morgan fingerprint density at radius 2 is 1.83 bits per heavy atom. The molecule has 2 aliphatic rings. The Kier molecular flexibility index (Phi) is 3.66. The lowest BCUT2D eigenvalue weighted by Gasteiger charge is -2.42. The van der Waals surface area contributed by atoms with Crippen LogP contribution in [0, 0.1) is 5.41 Å². The number of rotatable bonds is 2. The van der Waals surface area contributed by atoms with Crippen LogP contribution in [-0.2, 0) is 4.79 Å². The fraction of sp³-hybridized carbons (Fsp3) is 0.444. The van der Waals surface area contributed by atoms with Gasteiger partial charge in [0, 0.05) is 24.7 Å². The lowest BCUT2D eigenvalue weighted by Crippen LogP contribution is -2.49. The van der Waals surface area contributed by atoms with E-state index in [4.69, 9.17) is 4.74 Å². The van der Waals surface area contributed by atoms with Gasteiger partial charge in [-0.15, -0.1) is 0 Å². The van der Waals surface area contributed by atoms with E-state index in [1.165, 1.54) is 0 Å². The Balaban J connectivity index is 2.07. The van der Waals surface area contributed by atoms with Crippen LogP contribution in [0.15, 0.2) is 35.5 Å². The van der Waals surface area contributed by atoms with Gasteiger partial charge in [0.1, 0.15) is 5.75 Å². The van der Waals surface area contributed by atoms with Crippen LogP contribution in [0.1, 0.15) is 38.3 Å². The molecule has 1 aliphatic carbocycles. The van der Waals surface area contributed by atoms with E-state index in [0.717, 1.165) is 29.0 Å². The van der Waals surface area contributed by atoms with Crippen LogP contribution < -0.4 is 10.1 Å². The molecule has 0 saturated heterocycles. The predicted molar refractivity (Wildman–Crippen MR) is 87.1 cm³/mol. The molecule has 23 heavy (non-hydrogen) atoms. The number of nitrogens with one attached hydrogen (secondary N) is 1. The Labute approximate surface area is 136 Å². The van der Waals surface area contributed by atoms with Crippen molar-refractivity contribution in [3.63, 3.8) is 0 Å². The normalized spacial score (nSPS) is 23.5. The quantitative estimate of drug-likeness (QED) is 0.913. The largest absolute Gasteiger partial charge is 0.497 e. The second-order valence-corrected chi connectivity index (χ2v) is 7.02. The van der Waals surface area contributed by atoms with Crippen molar-refractivity contribution >= 4 is 11.8 Å². The molecule has 5 heteroatoms. The fourth-order valence-corrected chi connectivity index (χ4v) is 3.39. The van der Waals surface area contributed by atoms with Crippen LogP contribution in [0.25, 0.3) is 0 Å². The zero-order valence-electron chi connectivity index (χ0n) is 14.0. The van der Waals surface area contributed by atoms with Gasteiger partial charge in [0.25, 0.3) is 0 Å². The first-order valence-corrected chi connectivity index (χ1v) is 7.77. The van der Waals surface area contributed by atoms with Crippen molar-refractivity contribution in [2.75, 3.05) is 14.2 Å². The maximum atomic E-state index is 12.7. The molecule has 1 heterocycles. The molecule has 1 N–H and O–H groups in total. The molecule has 0 saturated carbocycles. The average Bonchev–Trinajstić information content (AvgIpc) is 2.50. The SMILES string of the molecule is COc1ccc([C@H]2NC(=O)N(C)C3=C2C(=O)CC(C)(C)C3)cc1. The minimum absolute atomic E-state index is 0.115. The number of allylic oxidation sites excluding steroid dienone is 1. The molecule has 0 bridgehead atoms. The predicted octanol–water partition coefficient (Wildman–Crippen LogP) is 3.03. The first kappa shape index (κ1) is 15.6. The van der Waals surface area contributed by atoms with Crippen molar-refractivity contribution in [2.45, 2.75) is 32.7 Å². The van der Waals surface area contributed by atoms with E-state index in [9.17, 15) is 9.59 Å². The molecule has 1 aromatic rings. The van der Waals surface area contributed by atoms with Crippen LogP contribution in [0.5, 0.6) is 5.75 Å². The van der Waals surface area contributed by atoms with Gasteiger partial charge in [-0.05, 0) is 29.5 Å². The maximum absolute atomic E-state index is 12.7. The van der Waals surface area contributed by atoms with Crippen molar-refractivity contribution < 1.29 is 14.3 Å². The summed E-state index contributed by atoms with van der Waals surface area (Å²) in [5.74, 6) is 0.863. The highest BCUT2D eigenvalue weighted by molar-refractivity contribution is 6.01. The van der Waals surface area contributed by atoms with E-state index in [1.807, 2.05) is 24.3 Å². The number of methoxy groups -OCH3 is 1. The van der Waals surface area contributed by atoms with Crippen molar-refractivity contribution in [3.8, 4) is 5.75 Å². The summed E-state index contributed by atoms with van der Waals surface area (Å²) in [6.45, 7) is 4.13. The molecule has 1 aromatic carbocycles. The van der Waals surface area contributed by atoms with E-state index in [-0.39, 0.29) is 23.3 Å². The molecule has 1 aliphatic heterocycles. The number of carbonyl (C=O) groups is 2. The number of ether oxygens (including phenoxy) is 1. The van der Waals surface area contributed by atoms with E-state index in [0.29, 0.717) is 6.42 Å². The number of carbonyl (C=O) groups excluding carboxylic acids is 2. The summed E-state index contributed by atoms with van der Waals surface area (Å²) in [5.41, 5.74) is 2.34. The van der Waals surface area contributed by atoms with Gasteiger partial charge in [-0.25, -0.2) is 4.79 Å². The topological polar surface area (TPSA) is 58.6 Å². The summed E-state index contributed by atoms with van der Waals surface area (Å²) in [4.78, 5) is 26.6. The Bertz CT molecular complexity index is 689. The molecule has 2 amide bonds. The molecule has 3 rings (SSSR count). The Hall–Kier alpha value is -2.30. The number of amides is 2. The smallest absolute Gasteiger partial charge is 0.322 e. The number of hydrogen-bond donors (Lipinski definition) is 1. The van der Waals surface area contributed by atoms with E-state index in [2.05, 4.69) is 19.2 Å². The second-order valence-electron chi connectivity index (χ2n) is 7.02. The molecular formula is C18H22N2O3. The standard InChI is InChI=1S/C18H22N2O3/c1-18(2)9-13-15(14(21)10-18)16(19-17(22)20(13)3)11-5-7-12(23-4)8-6-11/h5-8,16H,9-10H2,1-4H3,(H,19,22)/t16-/m1/s1. The lowest BCUT2D eigenvalue weighted by atomic mass is 9.72. The molecule has 5 nitrogen and oxygen atoms in total. The van der Waals surface area contributed by atoms with Gasteiger partial charge < -0.3 is 15.0 Å². The molecule has 0 radical (unpaired) electrons. The van der Waals surface area contributed by atoms with Crippen LogP contribution in [-0.4, -0.2) is 30.9 Å². The number of benzene rings is 1. The van der Waals surface area contributed by atoms with Crippen LogP contribution >= 0.6 is 0 Å². The van der Waals surface area contributed by atoms with E-state index >= 15 is 0 Å². The third-order valence-corrected chi connectivity index (χ3v) is 4.61. The first-order chi connectivity index (χ1) is 10.8. The van der Waals surface area contributed by atoms with Gasteiger partial charge in [-0.3, -0.25) is 4.79 Å². The van der Waals surface area contributed by atoms with Gasteiger partial charge in [-0.2, -0.15) is 0 Å². The summed E-state index contributed by atoms with van der Waals surface area (Å²) >= 11 is 0. The highest BCUT2D eigenvalue weighted by Gasteiger charge is 2.42. The first-order valence-electron chi connectivity index (χ1n) is 7.77. The minimum Gasteiger partial charge on any atom is -0.497 e. The fourth-order valence-electron chi connectivity index (χ4n) is 3.39. The van der Waals surface area contributed by atoms with Crippen LogP contribution in [0.4, 0.5) is 4.79 Å². The average molecular weight is 314 g/mol. The van der Waals surface area contributed by atoms with Gasteiger partial charge in [0.2, 0.25) is 0 Å². The van der Waals surface area contributed by atoms with Gasteiger partial charge >= 0.3 is 6.03 Å². The molecule has 1 atom stereocenters. The van der Waals surface area contributed by atoms with Crippen molar-refractivity contribution in [1.29, 1.82) is 0 Å². The Morgan fingerprint density at radius 1 is 1.17 bits per heavy atom. The summed E-state index contributed by atoms with van der Waals surface area (Å²) in [5, 5.41) is 2.94. The number of nitrogens with zero attached hydrogens (tertiary/aromatic N) is 1. The second kappa shape index (κ2) is 5.41. The molecular weight excluding hydrogens is 292 g/mol. The lowest BCUT2D eigenvalue weighted by molar-refractivity contribution is -0.118. The molecule has 0 unspecified atom stereocenters. The maximum Gasteiger partial charge on any atom is 0.322 e. The highest BCUT2D eigenvalue weighted by atomic mass is 16.5. The van der Waals surface area contributed by atoms with Crippen molar-refractivity contribution in [2.24, 2.45) is 5.41 Å². The van der Waals surface area contributed by atoms with Gasteiger partial charge in [0.05, 0.1) is 13.2 Å². The summed E-state index contributed by atoms with van der Waals surface area (Å²) in [6.07, 6.45) is 1.23. The molecule has 0 spiro atoms. The summed E-state index contributed by atoms with van der Waals surface area (Å²) in [6, 6.07) is 6.92. The molecule has 0 fully saturated rings. The van der Waals surface area contributed by atoms with E-state index < -0.39 is 0 Å². The number of ketones is 1. The number of Topliss-reactive ketones (excluding diaryl/α,β-unsaturated/α-hetero) is 1. The number of urea groups is 1. The van der Waals surface area contributed by atoms with E-state index in [1.54, 1.807) is 19.1 Å². The number of hydrogen-bond acceptors (Lipinski definition) is 3. The Morgan fingerprint density at radius 3 is 2.43 bits per heavy atom. The van der Waals surface area contributed by atoms with Crippen molar-refractivity contribution in [1.82, 2.24) is 10.2 Å². The molecule has 122 valence electrons. The highest BCUT2D eigenvalue weighted by Crippen LogP contribution is 2.43. The zero-order chi connectivity index (χ0) is 16.8. The van der Waals surface area contributed by atoms with Gasteiger partial charge in [0.15, 0.2) is 5.78 Å². The molecule has 0 aromatic heterocycles. The van der Waals surface area contributed by atoms with Crippen LogP contribution in [0.2, 0.25) is 0 Å². The monoisotopic (exact) mass is 314 g/mol. The zero-order valence-corrected chi connectivity index (χ0v) is 14.0. The minimum atomic E-state index is -0.386. The van der Waals surface area contributed by atoms with Crippen molar-refractivity contribution in [3.05, 3.63) is 41.1 Å². The third-order valence-electron chi connectivity index (χ3n) is 4.61. The van der Waals surface area contributed by atoms with Crippen LogP contribution in [0.3, 0.4) is 0 Å². The third kappa shape index (κ3) is 2.71.